The van der Waals surface area contributed by atoms with E-state index in [9.17, 15) is 0 Å². The van der Waals surface area contributed by atoms with Gasteiger partial charge in [-0.2, -0.15) is 0 Å². The van der Waals surface area contributed by atoms with E-state index in [0.29, 0.717) is 6.04 Å². The van der Waals surface area contributed by atoms with Crippen LogP contribution in [0.4, 0.5) is 0 Å². The van der Waals surface area contributed by atoms with Crippen molar-refractivity contribution in [2.45, 2.75) is 39.2 Å². The van der Waals surface area contributed by atoms with Crippen molar-refractivity contribution in [3.05, 3.63) is 47.0 Å². The largest absolute Gasteiger partial charge is 0.310 e. The Morgan fingerprint density at radius 1 is 1.15 bits per heavy atom. The van der Waals surface area contributed by atoms with E-state index in [1.807, 2.05) is 0 Å². The van der Waals surface area contributed by atoms with Crippen molar-refractivity contribution in [3.8, 4) is 0 Å². The molecule has 1 heteroatoms. The van der Waals surface area contributed by atoms with Crippen LogP contribution in [0.2, 0.25) is 0 Å². The zero-order chi connectivity index (χ0) is 13.7. The average Bonchev–Trinajstić information content (AvgIpc) is 3.03. The molecule has 20 heavy (non-hydrogen) atoms. The molecule has 0 radical (unpaired) electrons. The fourth-order valence-corrected chi connectivity index (χ4v) is 4.07. The van der Waals surface area contributed by atoms with Gasteiger partial charge in [0, 0.05) is 6.04 Å². The van der Waals surface area contributed by atoms with Gasteiger partial charge < -0.3 is 5.32 Å². The van der Waals surface area contributed by atoms with Crippen LogP contribution >= 0.6 is 0 Å². The highest BCUT2D eigenvalue weighted by atomic mass is 14.9. The van der Waals surface area contributed by atoms with E-state index in [-0.39, 0.29) is 0 Å². The average molecular weight is 265 g/mol. The van der Waals surface area contributed by atoms with Gasteiger partial charge >= 0.3 is 0 Å². The number of rotatable bonds is 4. The predicted octanol–water partition coefficient (Wildman–Crippen LogP) is 4.25. The van der Waals surface area contributed by atoms with Crippen LogP contribution in [0, 0.1) is 11.8 Å². The molecule has 0 bridgehead atoms. The Bertz CT molecular complexity index is 648. The lowest BCUT2D eigenvalue weighted by atomic mass is 9.92. The van der Waals surface area contributed by atoms with Gasteiger partial charge in [0.25, 0.3) is 0 Å². The quantitative estimate of drug-likeness (QED) is 0.871. The second-order valence-electron chi connectivity index (χ2n) is 6.57. The molecule has 3 unspecified atom stereocenters. The van der Waals surface area contributed by atoms with Crippen LogP contribution in [-0.4, -0.2) is 6.54 Å². The summed E-state index contributed by atoms with van der Waals surface area (Å²) in [5.41, 5.74) is 4.64. The van der Waals surface area contributed by atoms with Crippen LogP contribution in [0.1, 0.15) is 43.0 Å². The lowest BCUT2D eigenvalue weighted by molar-refractivity contribution is 0.478. The van der Waals surface area contributed by atoms with Gasteiger partial charge in [0.1, 0.15) is 0 Å². The third-order valence-corrected chi connectivity index (χ3v) is 5.27. The van der Waals surface area contributed by atoms with Crippen molar-refractivity contribution in [2.24, 2.45) is 11.8 Å². The summed E-state index contributed by atoms with van der Waals surface area (Å²) in [6.45, 7) is 5.66. The SMILES string of the molecule is CCNC(c1ccc2c3c(cccc13)CC2)C1CC1C. The molecule has 0 aliphatic heterocycles. The Hall–Kier alpha value is -1.34. The lowest BCUT2D eigenvalue weighted by Gasteiger charge is -2.21. The van der Waals surface area contributed by atoms with Gasteiger partial charge in [0.15, 0.2) is 0 Å². The van der Waals surface area contributed by atoms with E-state index in [4.69, 9.17) is 0 Å². The van der Waals surface area contributed by atoms with Crippen LogP contribution in [0.25, 0.3) is 10.8 Å². The normalized spacial score (nSPS) is 25.1. The van der Waals surface area contributed by atoms with E-state index in [1.165, 1.54) is 30.2 Å². The monoisotopic (exact) mass is 265 g/mol. The first-order valence-electron chi connectivity index (χ1n) is 8.06. The lowest BCUT2D eigenvalue weighted by Crippen LogP contribution is -2.23. The van der Waals surface area contributed by atoms with Crippen LogP contribution in [0.15, 0.2) is 30.3 Å². The highest BCUT2D eigenvalue weighted by Gasteiger charge is 2.40. The summed E-state index contributed by atoms with van der Waals surface area (Å²) in [4.78, 5) is 0. The van der Waals surface area contributed by atoms with Gasteiger partial charge in [-0.1, -0.05) is 44.2 Å². The molecule has 2 aromatic carbocycles. The predicted molar refractivity (Wildman–Crippen MR) is 85.0 cm³/mol. The van der Waals surface area contributed by atoms with Crippen LogP contribution in [0.5, 0.6) is 0 Å². The van der Waals surface area contributed by atoms with E-state index < -0.39 is 0 Å². The Kier molecular flexibility index (Phi) is 2.85. The summed E-state index contributed by atoms with van der Waals surface area (Å²) >= 11 is 0. The topological polar surface area (TPSA) is 12.0 Å². The van der Waals surface area contributed by atoms with Gasteiger partial charge in [-0.05, 0) is 65.1 Å². The molecule has 0 aromatic heterocycles. The Morgan fingerprint density at radius 2 is 1.90 bits per heavy atom. The fourth-order valence-electron chi connectivity index (χ4n) is 4.07. The zero-order valence-electron chi connectivity index (χ0n) is 12.4. The summed E-state index contributed by atoms with van der Waals surface area (Å²) in [6.07, 6.45) is 3.82. The van der Waals surface area contributed by atoms with Crippen LogP contribution in [-0.2, 0) is 12.8 Å². The maximum Gasteiger partial charge on any atom is 0.0357 e. The molecule has 3 atom stereocenters. The van der Waals surface area contributed by atoms with Crippen molar-refractivity contribution in [2.75, 3.05) is 6.54 Å². The molecule has 1 saturated carbocycles. The molecule has 0 amide bonds. The number of hydrogen-bond donors (Lipinski definition) is 1. The van der Waals surface area contributed by atoms with Crippen molar-refractivity contribution < 1.29 is 0 Å². The van der Waals surface area contributed by atoms with Crippen molar-refractivity contribution in [3.63, 3.8) is 0 Å². The molecule has 4 rings (SSSR count). The standard InChI is InChI=1S/C19H23N/c1-3-20-19(17-11-12(17)2)16-10-9-14-8-7-13-5-4-6-15(16)18(13)14/h4-6,9-10,12,17,19-20H,3,7-8,11H2,1-2H3. The Morgan fingerprint density at radius 3 is 2.60 bits per heavy atom. The molecule has 1 nitrogen and oxygen atoms in total. The van der Waals surface area contributed by atoms with Crippen molar-refractivity contribution in [1.29, 1.82) is 0 Å². The molecule has 104 valence electrons. The molecule has 1 fully saturated rings. The summed E-state index contributed by atoms with van der Waals surface area (Å²) < 4.78 is 0. The molecular weight excluding hydrogens is 242 g/mol. The van der Waals surface area contributed by atoms with Gasteiger partial charge in [0.2, 0.25) is 0 Å². The molecule has 2 aliphatic rings. The summed E-state index contributed by atoms with van der Waals surface area (Å²) in [5.74, 6) is 1.70. The van der Waals surface area contributed by atoms with E-state index in [2.05, 4.69) is 49.5 Å². The van der Waals surface area contributed by atoms with Gasteiger partial charge in [-0.15, -0.1) is 0 Å². The van der Waals surface area contributed by atoms with Gasteiger partial charge in [0.05, 0.1) is 0 Å². The Labute approximate surface area is 121 Å². The number of benzene rings is 2. The highest BCUT2D eigenvalue weighted by molar-refractivity contribution is 5.93. The molecular formula is C19H23N. The smallest absolute Gasteiger partial charge is 0.0357 e. The summed E-state index contributed by atoms with van der Waals surface area (Å²) in [7, 11) is 0. The molecule has 0 saturated heterocycles. The van der Waals surface area contributed by atoms with Crippen LogP contribution in [0.3, 0.4) is 0 Å². The van der Waals surface area contributed by atoms with Gasteiger partial charge in [-0.25, -0.2) is 0 Å². The number of aryl methyl sites for hydroxylation is 2. The highest BCUT2D eigenvalue weighted by Crippen LogP contribution is 2.48. The maximum atomic E-state index is 3.74. The van der Waals surface area contributed by atoms with Crippen molar-refractivity contribution in [1.82, 2.24) is 5.32 Å². The summed E-state index contributed by atoms with van der Waals surface area (Å²) in [5, 5.41) is 6.80. The minimum Gasteiger partial charge on any atom is -0.310 e. The zero-order valence-corrected chi connectivity index (χ0v) is 12.4. The van der Waals surface area contributed by atoms with E-state index >= 15 is 0 Å². The number of hydrogen-bond acceptors (Lipinski definition) is 1. The Balaban J connectivity index is 1.87. The van der Waals surface area contributed by atoms with Crippen LogP contribution < -0.4 is 5.32 Å². The first-order chi connectivity index (χ1) is 9.79. The molecule has 0 heterocycles. The third-order valence-electron chi connectivity index (χ3n) is 5.27. The molecule has 0 spiro atoms. The minimum atomic E-state index is 0.542. The number of nitrogens with one attached hydrogen (secondary N) is 1. The molecule has 2 aromatic rings. The van der Waals surface area contributed by atoms with E-state index in [0.717, 1.165) is 18.4 Å². The maximum absolute atomic E-state index is 3.74. The third kappa shape index (κ3) is 1.80. The van der Waals surface area contributed by atoms with Crippen molar-refractivity contribution >= 4 is 10.8 Å². The second kappa shape index (κ2) is 4.60. The minimum absolute atomic E-state index is 0.542. The first-order valence-corrected chi connectivity index (χ1v) is 8.06. The summed E-state index contributed by atoms with van der Waals surface area (Å²) in [6, 6.07) is 12.2. The van der Waals surface area contributed by atoms with Gasteiger partial charge in [-0.3, -0.25) is 0 Å². The second-order valence-corrected chi connectivity index (χ2v) is 6.57. The van der Waals surface area contributed by atoms with E-state index in [1.54, 1.807) is 16.5 Å². The molecule has 1 N–H and O–H groups in total. The first kappa shape index (κ1) is 12.4. The fraction of sp³-hybridized carbons (Fsp3) is 0.474. The molecule has 2 aliphatic carbocycles.